The molecule has 0 saturated heterocycles. The largest absolute Gasteiger partial charge is 0.444 e. The Hall–Kier alpha value is -2.48. The van der Waals surface area contributed by atoms with Gasteiger partial charge in [0.15, 0.2) is 0 Å². The summed E-state index contributed by atoms with van der Waals surface area (Å²) in [4.78, 5) is 33.4. The molecule has 156 valence electrons. The van der Waals surface area contributed by atoms with Gasteiger partial charge in [-0.15, -0.1) is 11.3 Å². The zero-order valence-corrected chi connectivity index (χ0v) is 18.8. The van der Waals surface area contributed by atoms with Gasteiger partial charge in [-0.3, -0.25) is 4.79 Å². The number of nitrogens with zero attached hydrogens (tertiary/aromatic N) is 2. The number of halogens is 2. The van der Waals surface area contributed by atoms with Crippen LogP contribution in [0, 0.1) is 0 Å². The van der Waals surface area contributed by atoms with Gasteiger partial charge in [-0.2, -0.15) is 0 Å². The summed E-state index contributed by atoms with van der Waals surface area (Å²) in [5.41, 5.74) is 1.03. The van der Waals surface area contributed by atoms with Crippen molar-refractivity contribution in [1.29, 1.82) is 0 Å². The van der Waals surface area contributed by atoms with Crippen molar-refractivity contribution in [2.45, 2.75) is 32.4 Å². The van der Waals surface area contributed by atoms with Crippen molar-refractivity contribution in [2.24, 2.45) is 0 Å². The Morgan fingerprint density at radius 1 is 1.17 bits per heavy atom. The number of aromatic nitrogens is 2. The summed E-state index contributed by atoms with van der Waals surface area (Å²) in [5, 5.41) is 5.28. The monoisotopic (exact) mass is 463 g/mol. The normalized spacial score (nSPS) is 12.3. The number of amides is 1. The third-order valence-electron chi connectivity index (χ3n) is 3.93. The van der Waals surface area contributed by atoms with Crippen LogP contribution in [0.3, 0.4) is 0 Å². The van der Waals surface area contributed by atoms with Crippen LogP contribution in [-0.2, 0) is 4.74 Å². The molecule has 0 aliphatic rings. The van der Waals surface area contributed by atoms with E-state index in [2.05, 4.69) is 15.3 Å². The van der Waals surface area contributed by atoms with E-state index >= 15 is 0 Å². The number of carbonyl (C=O) groups excluding carboxylic acids is 2. The van der Waals surface area contributed by atoms with Crippen molar-refractivity contribution in [3.05, 3.63) is 80.0 Å². The van der Waals surface area contributed by atoms with E-state index in [1.54, 1.807) is 50.4 Å². The van der Waals surface area contributed by atoms with Crippen LogP contribution < -0.4 is 5.32 Å². The van der Waals surface area contributed by atoms with Crippen LogP contribution in [0.25, 0.3) is 0 Å². The first-order valence-corrected chi connectivity index (χ1v) is 10.6. The van der Waals surface area contributed by atoms with E-state index in [1.165, 1.54) is 23.9 Å². The number of hydrogen-bond acceptors (Lipinski definition) is 6. The second-order valence-corrected chi connectivity index (χ2v) is 9.14. The predicted molar refractivity (Wildman–Crippen MR) is 117 cm³/mol. The lowest BCUT2D eigenvalue weighted by Gasteiger charge is -2.23. The molecule has 1 atom stereocenters. The Labute approximate surface area is 188 Å². The highest BCUT2D eigenvalue weighted by molar-refractivity contribution is 7.12. The maximum absolute atomic E-state index is 12.8. The maximum atomic E-state index is 12.8. The van der Waals surface area contributed by atoms with Gasteiger partial charge < -0.3 is 10.1 Å². The van der Waals surface area contributed by atoms with E-state index in [0.717, 1.165) is 5.56 Å². The summed E-state index contributed by atoms with van der Waals surface area (Å²) in [6.07, 6.45) is 2.08. The number of alkyl carbamates (subject to hydrolysis) is 1. The molecule has 0 spiro atoms. The van der Waals surface area contributed by atoms with Crippen LogP contribution in [0.1, 0.15) is 53.2 Å². The molecule has 3 aromatic rings. The summed E-state index contributed by atoms with van der Waals surface area (Å²) in [6.45, 7) is 5.36. The third-order valence-corrected chi connectivity index (χ3v) is 5.41. The highest BCUT2D eigenvalue weighted by Gasteiger charge is 2.24. The van der Waals surface area contributed by atoms with E-state index in [1.807, 2.05) is 6.07 Å². The van der Waals surface area contributed by atoms with Crippen molar-refractivity contribution in [1.82, 2.24) is 15.3 Å². The molecule has 9 heteroatoms. The topological polar surface area (TPSA) is 81.2 Å². The van der Waals surface area contributed by atoms with Crippen LogP contribution in [0.4, 0.5) is 4.79 Å². The number of nitrogens with one attached hydrogen (secondary N) is 1. The highest BCUT2D eigenvalue weighted by Crippen LogP contribution is 2.30. The van der Waals surface area contributed by atoms with Gasteiger partial charge >= 0.3 is 6.09 Å². The molecular weight excluding hydrogens is 445 g/mol. The van der Waals surface area contributed by atoms with Crippen molar-refractivity contribution >= 4 is 46.4 Å². The van der Waals surface area contributed by atoms with Gasteiger partial charge in [0.1, 0.15) is 17.1 Å². The number of benzene rings is 1. The Morgan fingerprint density at radius 2 is 1.93 bits per heavy atom. The van der Waals surface area contributed by atoms with Gasteiger partial charge in [0.05, 0.1) is 16.5 Å². The van der Waals surface area contributed by atoms with E-state index in [-0.39, 0.29) is 16.5 Å². The standard InChI is InChI=1S/C21H19Cl2N3O3S/c1-21(2,3)29-20(28)26-17(12-5-4-6-14(22)7-12)13-8-16(30-10-13)18(27)15-9-24-11-25-19(15)23/h4-11,17H,1-3H3,(H,26,28). The van der Waals surface area contributed by atoms with Gasteiger partial charge in [-0.1, -0.05) is 35.3 Å². The molecule has 0 bridgehead atoms. The molecule has 1 amide bonds. The first-order chi connectivity index (χ1) is 14.1. The van der Waals surface area contributed by atoms with Crippen molar-refractivity contribution in [2.75, 3.05) is 0 Å². The minimum Gasteiger partial charge on any atom is -0.444 e. The predicted octanol–water partition coefficient (Wildman–Crippen LogP) is 5.69. The van der Waals surface area contributed by atoms with Crippen LogP contribution in [0.2, 0.25) is 10.2 Å². The van der Waals surface area contributed by atoms with E-state index in [0.29, 0.717) is 15.5 Å². The number of carbonyl (C=O) groups is 2. The minimum atomic E-state index is -0.650. The SMILES string of the molecule is CC(C)(C)OC(=O)NC(c1cccc(Cl)c1)c1csc(C(=O)c2cncnc2Cl)c1. The van der Waals surface area contributed by atoms with Crippen molar-refractivity contribution < 1.29 is 14.3 Å². The third kappa shape index (κ3) is 5.56. The minimum absolute atomic E-state index is 0.0863. The molecular formula is C21H19Cl2N3O3S. The molecule has 0 saturated carbocycles. The zero-order chi connectivity index (χ0) is 21.9. The quantitative estimate of drug-likeness (QED) is 0.388. The fourth-order valence-corrected chi connectivity index (χ4v) is 3.96. The molecule has 30 heavy (non-hydrogen) atoms. The molecule has 6 nitrogen and oxygen atoms in total. The fraction of sp³-hybridized carbons (Fsp3) is 0.238. The summed E-state index contributed by atoms with van der Waals surface area (Å²) in [6, 6.07) is 8.29. The Morgan fingerprint density at radius 3 is 2.60 bits per heavy atom. The molecule has 0 fully saturated rings. The number of ether oxygens (including phenoxy) is 1. The summed E-state index contributed by atoms with van der Waals surface area (Å²) in [7, 11) is 0. The number of hydrogen-bond donors (Lipinski definition) is 1. The number of ketones is 1. The second kappa shape index (κ2) is 9.12. The smallest absolute Gasteiger partial charge is 0.408 e. The molecule has 1 aromatic carbocycles. The van der Waals surface area contributed by atoms with Crippen LogP contribution in [-0.4, -0.2) is 27.4 Å². The van der Waals surface area contributed by atoms with Crippen LogP contribution in [0.5, 0.6) is 0 Å². The highest BCUT2D eigenvalue weighted by atomic mass is 35.5. The fourth-order valence-electron chi connectivity index (χ4n) is 2.69. The second-order valence-electron chi connectivity index (χ2n) is 7.43. The van der Waals surface area contributed by atoms with E-state index in [9.17, 15) is 9.59 Å². The molecule has 1 N–H and O–H groups in total. The maximum Gasteiger partial charge on any atom is 0.408 e. The lowest BCUT2D eigenvalue weighted by Crippen LogP contribution is -2.35. The lowest BCUT2D eigenvalue weighted by molar-refractivity contribution is 0.0512. The lowest BCUT2D eigenvalue weighted by atomic mass is 10.0. The van der Waals surface area contributed by atoms with E-state index in [4.69, 9.17) is 27.9 Å². The van der Waals surface area contributed by atoms with Crippen molar-refractivity contribution in [3.63, 3.8) is 0 Å². The number of thiophene rings is 1. The average molecular weight is 464 g/mol. The van der Waals surface area contributed by atoms with Gasteiger partial charge in [0.2, 0.25) is 5.78 Å². The van der Waals surface area contributed by atoms with Gasteiger partial charge in [-0.25, -0.2) is 14.8 Å². The molecule has 2 heterocycles. The Kier molecular flexibility index (Phi) is 6.75. The summed E-state index contributed by atoms with van der Waals surface area (Å²) < 4.78 is 5.40. The van der Waals surface area contributed by atoms with Crippen molar-refractivity contribution in [3.8, 4) is 0 Å². The Bertz CT molecular complexity index is 1080. The Balaban J connectivity index is 1.93. The summed E-state index contributed by atoms with van der Waals surface area (Å²) in [5.74, 6) is -0.293. The molecule has 1 unspecified atom stereocenters. The van der Waals surface area contributed by atoms with Gasteiger partial charge in [0, 0.05) is 11.2 Å². The molecule has 0 aliphatic carbocycles. The van der Waals surface area contributed by atoms with Crippen LogP contribution in [0.15, 0.2) is 48.2 Å². The summed E-state index contributed by atoms with van der Waals surface area (Å²) >= 11 is 13.4. The number of rotatable bonds is 5. The first kappa shape index (κ1) is 22.2. The average Bonchev–Trinajstić information content (AvgIpc) is 3.14. The van der Waals surface area contributed by atoms with E-state index < -0.39 is 17.7 Å². The van der Waals surface area contributed by atoms with Crippen LogP contribution >= 0.6 is 34.5 Å². The molecule has 0 aliphatic heterocycles. The zero-order valence-electron chi connectivity index (χ0n) is 16.5. The van der Waals surface area contributed by atoms with Gasteiger partial charge in [0.25, 0.3) is 0 Å². The molecule has 2 aromatic heterocycles. The van der Waals surface area contributed by atoms with Gasteiger partial charge in [-0.05, 0) is 55.5 Å². The molecule has 3 rings (SSSR count). The molecule has 0 radical (unpaired) electrons. The first-order valence-electron chi connectivity index (χ1n) is 8.97.